The number of hydrogen-bond acceptors (Lipinski definition) is 41. The summed E-state index contributed by atoms with van der Waals surface area (Å²) in [6.45, 7) is -7.30. The van der Waals surface area contributed by atoms with Gasteiger partial charge < -0.3 is 204 Å². The van der Waals surface area contributed by atoms with E-state index in [9.17, 15) is 132 Å². The SMILES string of the molecule is CC(=O)NC1C(O)OC(CO)C(OC2OC(COC3OC(COC4OC(CO)C(O)C(O)C4O)C(O)C(OC4OC(CO)C(O)C(O)C4OC4OC(CO)C(O)C(O)C4O)C3O)C(O)C(OC3OC(CO)C(O)C(O)C3OC3OC(CO)C(O)C(O)C3O)C2O)C1O. The molecule has 0 aromatic rings. The molecule has 0 aliphatic carbocycles. The Bertz CT molecular complexity index is 2260. The fraction of sp³-hybridized carbons (Fsp3) is 0.980. The Labute approximate surface area is 519 Å². The molecule has 0 radical (unpaired) electrons. The molecule has 8 fully saturated rings. The van der Waals surface area contributed by atoms with Crippen LogP contribution in [0.3, 0.4) is 0 Å². The third-order valence-electron chi connectivity index (χ3n) is 17.0. The van der Waals surface area contributed by atoms with Crippen LogP contribution < -0.4 is 5.32 Å². The number of carbonyl (C=O) groups is 1. The number of rotatable bonds is 23. The first-order valence-corrected chi connectivity index (χ1v) is 29.2. The summed E-state index contributed by atoms with van der Waals surface area (Å²) in [5, 5.41) is 273. The van der Waals surface area contributed by atoms with Gasteiger partial charge in [0, 0.05) is 6.92 Å². The lowest BCUT2D eigenvalue weighted by Gasteiger charge is -2.50. The quantitative estimate of drug-likeness (QED) is 0.0452. The van der Waals surface area contributed by atoms with Gasteiger partial charge in [0.05, 0.1) is 52.9 Å². The summed E-state index contributed by atoms with van der Waals surface area (Å²) in [6, 6.07) is -1.72. The van der Waals surface area contributed by atoms with Gasteiger partial charge in [-0.2, -0.15) is 0 Å². The van der Waals surface area contributed by atoms with Gasteiger partial charge in [0.2, 0.25) is 5.91 Å². The highest BCUT2D eigenvalue weighted by molar-refractivity contribution is 5.73. The minimum atomic E-state index is -2.43. The first-order valence-electron chi connectivity index (χ1n) is 29.2. The van der Waals surface area contributed by atoms with Crippen molar-refractivity contribution < 1.29 is 204 Å². The standard InChI is InChI=1S/C50H85NO41/c1-10(58)51-19-27(66)38(16(7-57)80-43(19)77)88-48-37(76)40(90-50-42(32(71)24(63)15(6-56)85-50)92-47-35(74)30(69)22(61)13(4-54)83-47)26(65)18(87-48)9-79-45-36(75)39(25(64)17(86-45)8-78-44-33(72)28(67)20(59)11(2-52)81-44)89-49-41(31(70)23(62)14(5-55)84-49)91-46-34(73)29(68)21(60)12(3-53)82-46/h11-50,52-57,59-77H,2-9H2,1H3,(H,51,58). The van der Waals surface area contributed by atoms with E-state index in [1.807, 2.05) is 0 Å². The molecule has 8 rings (SSSR count). The lowest BCUT2D eigenvalue weighted by molar-refractivity contribution is -0.400. The van der Waals surface area contributed by atoms with Gasteiger partial charge in [-0.3, -0.25) is 4.79 Å². The molecular formula is C50H85NO41. The summed E-state index contributed by atoms with van der Waals surface area (Å²) >= 11 is 0. The summed E-state index contributed by atoms with van der Waals surface area (Å²) in [6.07, 6.45) is -80.8. The predicted octanol–water partition coefficient (Wildman–Crippen LogP) is -18.3. The average Bonchev–Trinajstić information content (AvgIpc) is 0.790. The molecule has 0 bridgehead atoms. The fourth-order valence-electron chi connectivity index (χ4n) is 11.6. The Hall–Kier alpha value is -2.13. The van der Waals surface area contributed by atoms with Gasteiger partial charge in [0.15, 0.2) is 50.3 Å². The second-order valence-electron chi connectivity index (χ2n) is 23.2. The molecule has 26 N–H and O–H groups in total. The van der Waals surface area contributed by atoms with Crippen molar-refractivity contribution in [2.45, 2.75) is 253 Å². The third kappa shape index (κ3) is 16.0. The van der Waals surface area contributed by atoms with Crippen molar-refractivity contribution in [1.82, 2.24) is 5.32 Å². The molecule has 536 valence electrons. The van der Waals surface area contributed by atoms with Crippen molar-refractivity contribution >= 4 is 5.91 Å². The molecule has 0 saturated carbocycles. The number of nitrogens with one attached hydrogen (secondary N) is 1. The maximum atomic E-state index is 12.2. The number of hydrogen-bond donors (Lipinski definition) is 26. The normalized spacial score (nSPS) is 52.2. The van der Waals surface area contributed by atoms with E-state index in [0.717, 1.165) is 6.92 Å². The van der Waals surface area contributed by atoms with E-state index < -0.39 is 304 Å². The van der Waals surface area contributed by atoms with Crippen molar-refractivity contribution in [2.24, 2.45) is 0 Å². The Balaban J connectivity index is 1.12. The molecule has 8 aliphatic heterocycles. The summed E-state index contributed by atoms with van der Waals surface area (Å²) in [5.41, 5.74) is 0. The molecule has 42 heteroatoms. The molecule has 0 spiro atoms. The van der Waals surface area contributed by atoms with Crippen LogP contribution in [0.15, 0.2) is 0 Å². The van der Waals surface area contributed by atoms with Crippen molar-refractivity contribution in [2.75, 3.05) is 52.9 Å². The first kappa shape index (κ1) is 75.6. The lowest BCUT2D eigenvalue weighted by atomic mass is 9.95. The Morgan fingerprint density at radius 1 is 0.283 bits per heavy atom. The zero-order valence-electron chi connectivity index (χ0n) is 48.5. The molecule has 42 nitrogen and oxygen atoms in total. The van der Waals surface area contributed by atoms with Crippen LogP contribution in [0.1, 0.15) is 6.92 Å². The number of aliphatic hydroxyl groups excluding tert-OH is 25. The predicted molar refractivity (Wildman–Crippen MR) is 276 cm³/mol. The Morgan fingerprint density at radius 2 is 0.565 bits per heavy atom. The Morgan fingerprint density at radius 3 is 0.946 bits per heavy atom. The molecule has 0 aromatic carbocycles. The third-order valence-corrected chi connectivity index (χ3v) is 17.0. The second-order valence-corrected chi connectivity index (χ2v) is 23.2. The van der Waals surface area contributed by atoms with Crippen LogP contribution in [-0.4, -0.2) is 432 Å². The largest absolute Gasteiger partial charge is 0.394 e. The molecular weight excluding hydrogens is 1270 g/mol. The topological polar surface area (TPSA) is 673 Å². The molecule has 40 atom stereocenters. The molecule has 92 heavy (non-hydrogen) atoms. The number of carbonyl (C=O) groups excluding carboxylic acids is 1. The van der Waals surface area contributed by atoms with E-state index in [0.29, 0.717) is 0 Å². The van der Waals surface area contributed by atoms with Gasteiger partial charge in [-0.1, -0.05) is 0 Å². The zero-order chi connectivity index (χ0) is 67.6. The summed E-state index contributed by atoms with van der Waals surface area (Å²) < 4.78 is 86.1. The zero-order valence-corrected chi connectivity index (χ0v) is 48.5. The van der Waals surface area contributed by atoms with Crippen LogP contribution in [0.4, 0.5) is 0 Å². The fourth-order valence-corrected chi connectivity index (χ4v) is 11.6. The highest BCUT2D eigenvalue weighted by atomic mass is 16.8. The van der Waals surface area contributed by atoms with E-state index in [4.69, 9.17) is 71.1 Å². The molecule has 8 heterocycles. The van der Waals surface area contributed by atoms with E-state index in [-0.39, 0.29) is 0 Å². The van der Waals surface area contributed by atoms with Gasteiger partial charge in [-0.15, -0.1) is 0 Å². The number of aliphatic hydroxyl groups is 25. The molecule has 8 saturated heterocycles. The van der Waals surface area contributed by atoms with Gasteiger partial charge in [-0.05, 0) is 0 Å². The average molecular weight is 1360 g/mol. The smallest absolute Gasteiger partial charge is 0.217 e. The van der Waals surface area contributed by atoms with Crippen LogP contribution in [0, 0.1) is 0 Å². The maximum Gasteiger partial charge on any atom is 0.217 e. The summed E-state index contributed by atoms with van der Waals surface area (Å²) in [4.78, 5) is 12.2. The van der Waals surface area contributed by atoms with Crippen LogP contribution in [0.25, 0.3) is 0 Å². The number of ether oxygens (including phenoxy) is 15. The van der Waals surface area contributed by atoms with Crippen molar-refractivity contribution in [1.29, 1.82) is 0 Å². The van der Waals surface area contributed by atoms with E-state index >= 15 is 0 Å². The molecule has 1 amide bonds. The van der Waals surface area contributed by atoms with Crippen LogP contribution in [-0.2, 0) is 75.8 Å². The van der Waals surface area contributed by atoms with Crippen LogP contribution >= 0.6 is 0 Å². The van der Waals surface area contributed by atoms with Gasteiger partial charge in [-0.25, -0.2) is 0 Å². The monoisotopic (exact) mass is 1360 g/mol. The lowest BCUT2D eigenvalue weighted by Crippen LogP contribution is -2.69. The van der Waals surface area contributed by atoms with Gasteiger partial charge in [0.1, 0.15) is 195 Å². The van der Waals surface area contributed by atoms with Crippen molar-refractivity contribution in [3.63, 3.8) is 0 Å². The molecule has 40 unspecified atom stereocenters. The second kappa shape index (κ2) is 32.7. The van der Waals surface area contributed by atoms with E-state index in [2.05, 4.69) is 5.32 Å². The maximum absolute atomic E-state index is 12.2. The summed E-state index contributed by atoms with van der Waals surface area (Å²) in [7, 11) is 0. The highest BCUT2D eigenvalue weighted by Gasteiger charge is 2.59. The van der Waals surface area contributed by atoms with Gasteiger partial charge >= 0.3 is 0 Å². The van der Waals surface area contributed by atoms with E-state index in [1.165, 1.54) is 0 Å². The highest BCUT2D eigenvalue weighted by Crippen LogP contribution is 2.38. The molecule has 0 aromatic heterocycles. The van der Waals surface area contributed by atoms with Gasteiger partial charge in [0.25, 0.3) is 0 Å². The van der Waals surface area contributed by atoms with Crippen molar-refractivity contribution in [3.8, 4) is 0 Å². The van der Waals surface area contributed by atoms with Crippen LogP contribution in [0.2, 0.25) is 0 Å². The summed E-state index contributed by atoms with van der Waals surface area (Å²) in [5.74, 6) is -0.824. The van der Waals surface area contributed by atoms with E-state index in [1.54, 1.807) is 0 Å². The minimum Gasteiger partial charge on any atom is -0.394 e. The number of amides is 1. The van der Waals surface area contributed by atoms with Crippen LogP contribution in [0.5, 0.6) is 0 Å². The Kier molecular flexibility index (Phi) is 26.9. The van der Waals surface area contributed by atoms with Crippen molar-refractivity contribution in [3.05, 3.63) is 0 Å². The minimum absolute atomic E-state index is 0.824. The molecule has 8 aliphatic rings. The first-order chi connectivity index (χ1) is 43.5.